The molecule has 17 heavy (non-hydrogen) atoms. The highest BCUT2D eigenvalue weighted by atomic mass is 16.1. The van der Waals surface area contributed by atoms with Gasteiger partial charge in [0.05, 0.1) is 0 Å². The molecule has 1 amide bonds. The lowest BCUT2D eigenvalue weighted by Gasteiger charge is -2.30. The van der Waals surface area contributed by atoms with E-state index in [2.05, 4.69) is 17.4 Å². The number of rotatable bonds is 4. The maximum absolute atomic E-state index is 11.2. The summed E-state index contributed by atoms with van der Waals surface area (Å²) in [4.78, 5) is 11.2. The highest BCUT2D eigenvalue weighted by Crippen LogP contribution is 2.33. The number of piperidine rings is 1. The van der Waals surface area contributed by atoms with Crippen molar-refractivity contribution >= 4 is 5.91 Å². The number of hydrogen-bond donors (Lipinski definition) is 2. The second kappa shape index (κ2) is 5.82. The van der Waals surface area contributed by atoms with Crippen LogP contribution < -0.4 is 11.1 Å². The van der Waals surface area contributed by atoms with E-state index in [1.807, 2.05) is 18.2 Å². The number of benzene rings is 1. The maximum atomic E-state index is 11.2. The zero-order valence-electron chi connectivity index (χ0n) is 10.1. The standard InChI is InChI=1S/C14H20N2O/c15-14(17)10-13(11-4-2-1-3-5-11)12-6-8-16-9-7-12/h1-5,12-13,16H,6-10H2,(H2,15,17). The molecular formula is C14H20N2O. The number of hydrogen-bond acceptors (Lipinski definition) is 2. The van der Waals surface area contributed by atoms with Crippen molar-refractivity contribution < 1.29 is 4.79 Å². The average Bonchev–Trinajstić information content (AvgIpc) is 2.38. The van der Waals surface area contributed by atoms with Crippen molar-refractivity contribution in [1.82, 2.24) is 5.32 Å². The van der Waals surface area contributed by atoms with Gasteiger partial charge in [0.1, 0.15) is 0 Å². The van der Waals surface area contributed by atoms with Crippen molar-refractivity contribution in [3.8, 4) is 0 Å². The first kappa shape index (κ1) is 12.1. The lowest BCUT2D eigenvalue weighted by atomic mass is 9.78. The zero-order chi connectivity index (χ0) is 12.1. The normalized spacial score (nSPS) is 18.8. The van der Waals surface area contributed by atoms with Gasteiger partial charge in [-0.2, -0.15) is 0 Å². The van der Waals surface area contributed by atoms with Crippen LogP contribution in [0.25, 0.3) is 0 Å². The van der Waals surface area contributed by atoms with Crippen LogP contribution in [0.1, 0.15) is 30.7 Å². The average molecular weight is 232 g/mol. The van der Waals surface area contributed by atoms with E-state index in [1.54, 1.807) is 0 Å². The topological polar surface area (TPSA) is 55.1 Å². The van der Waals surface area contributed by atoms with Gasteiger partial charge in [0, 0.05) is 6.42 Å². The van der Waals surface area contributed by atoms with Gasteiger partial charge in [0.25, 0.3) is 0 Å². The number of carbonyl (C=O) groups is 1. The van der Waals surface area contributed by atoms with Crippen molar-refractivity contribution in [3.63, 3.8) is 0 Å². The maximum Gasteiger partial charge on any atom is 0.218 e. The van der Waals surface area contributed by atoms with Crippen LogP contribution in [-0.4, -0.2) is 19.0 Å². The molecule has 92 valence electrons. The molecule has 1 saturated heterocycles. The largest absolute Gasteiger partial charge is 0.370 e. The first-order valence-electron chi connectivity index (χ1n) is 6.31. The predicted octanol–water partition coefficient (Wildman–Crippen LogP) is 1.65. The second-order valence-electron chi connectivity index (χ2n) is 4.78. The summed E-state index contributed by atoms with van der Waals surface area (Å²) in [6.45, 7) is 2.10. The third-order valence-corrected chi connectivity index (χ3v) is 3.60. The molecule has 0 aliphatic carbocycles. The minimum atomic E-state index is -0.197. The van der Waals surface area contributed by atoms with Crippen molar-refractivity contribution in [2.45, 2.75) is 25.2 Å². The molecule has 0 bridgehead atoms. The van der Waals surface area contributed by atoms with Gasteiger partial charge in [0.15, 0.2) is 0 Å². The van der Waals surface area contributed by atoms with E-state index >= 15 is 0 Å². The van der Waals surface area contributed by atoms with Crippen LogP contribution in [0.2, 0.25) is 0 Å². The van der Waals surface area contributed by atoms with Gasteiger partial charge in [-0.3, -0.25) is 4.79 Å². The van der Waals surface area contributed by atoms with Gasteiger partial charge in [-0.15, -0.1) is 0 Å². The van der Waals surface area contributed by atoms with Crippen LogP contribution in [0.3, 0.4) is 0 Å². The van der Waals surface area contributed by atoms with E-state index in [0.717, 1.165) is 25.9 Å². The van der Waals surface area contributed by atoms with E-state index < -0.39 is 0 Å². The Morgan fingerprint density at radius 2 is 1.94 bits per heavy atom. The summed E-state index contributed by atoms with van der Waals surface area (Å²) in [5.41, 5.74) is 6.63. The fraction of sp³-hybridized carbons (Fsp3) is 0.500. The van der Waals surface area contributed by atoms with Gasteiger partial charge >= 0.3 is 0 Å². The molecular weight excluding hydrogens is 212 g/mol. The van der Waals surface area contributed by atoms with Crippen LogP contribution in [0.5, 0.6) is 0 Å². The summed E-state index contributed by atoms with van der Waals surface area (Å²) < 4.78 is 0. The van der Waals surface area contributed by atoms with Crippen LogP contribution in [-0.2, 0) is 4.79 Å². The fourth-order valence-corrected chi connectivity index (χ4v) is 2.72. The molecule has 1 aliphatic rings. The summed E-state index contributed by atoms with van der Waals surface area (Å²) in [6.07, 6.45) is 2.73. The van der Waals surface area contributed by atoms with Gasteiger partial charge < -0.3 is 11.1 Å². The van der Waals surface area contributed by atoms with Crippen LogP contribution >= 0.6 is 0 Å². The summed E-state index contributed by atoms with van der Waals surface area (Å²) >= 11 is 0. The molecule has 0 radical (unpaired) electrons. The number of nitrogens with one attached hydrogen (secondary N) is 1. The van der Waals surface area contributed by atoms with Gasteiger partial charge in [-0.05, 0) is 43.3 Å². The van der Waals surface area contributed by atoms with E-state index in [4.69, 9.17) is 5.73 Å². The molecule has 3 nitrogen and oxygen atoms in total. The summed E-state index contributed by atoms with van der Waals surface area (Å²) in [6, 6.07) is 10.3. The molecule has 1 heterocycles. The van der Waals surface area contributed by atoms with Crippen LogP contribution in [0.4, 0.5) is 0 Å². The smallest absolute Gasteiger partial charge is 0.218 e. The summed E-state index contributed by atoms with van der Waals surface area (Å²) in [5.74, 6) is 0.666. The first-order chi connectivity index (χ1) is 8.27. The number of amides is 1. The molecule has 1 fully saturated rings. The Hall–Kier alpha value is -1.35. The van der Waals surface area contributed by atoms with Crippen molar-refractivity contribution in [2.75, 3.05) is 13.1 Å². The number of primary amides is 1. The lowest BCUT2D eigenvalue weighted by molar-refractivity contribution is -0.118. The molecule has 3 heteroatoms. The van der Waals surface area contributed by atoms with E-state index in [9.17, 15) is 4.79 Å². The van der Waals surface area contributed by atoms with Crippen LogP contribution in [0, 0.1) is 5.92 Å². The third-order valence-electron chi connectivity index (χ3n) is 3.60. The number of carbonyl (C=O) groups excluding carboxylic acids is 1. The molecule has 3 N–H and O–H groups in total. The highest BCUT2D eigenvalue weighted by Gasteiger charge is 2.26. The molecule has 0 saturated carbocycles. The van der Waals surface area contributed by atoms with Crippen molar-refractivity contribution in [1.29, 1.82) is 0 Å². The Morgan fingerprint density at radius 1 is 1.29 bits per heavy atom. The Kier molecular flexibility index (Phi) is 4.15. The quantitative estimate of drug-likeness (QED) is 0.829. The first-order valence-corrected chi connectivity index (χ1v) is 6.31. The summed E-state index contributed by atoms with van der Waals surface area (Å²) in [5, 5.41) is 3.36. The molecule has 2 rings (SSSR count). The lowest BCUT2D eigenvalue weighted by Crippen LogP contribution is -2.32. The third kappa shape index (κ3) is 3.30. The Morgan fingerprint density at radius 3 is 2.53 bits per heavy atom. The number of nitrogens with two attached hydrogens (primary N) is 1. The fourth-order valence-electron chi connectivity index (χ4n) is 2.72. The Bertz CT molecular complexity index is 358. The zero-order valence-corrected chi connectivity index (χ0v) is 10.1. The Labute approximate surface area is 102 Å². The molecule has 1 unspecified atom stereocenters. The van der Waals surface area contributed by atoms with Gasteiger partial charge in [-0.1, -0.05) is 30.3 Å². The Balaban J connectivity index is 2.15. The molecule has 1 aromatic carbocycles. The van der Waals surface area contributed by atoms with E-state index in [0.29, 0.717) is 12.3 Å². The van der Waals surface area contributed by atoms with Crippen molar-refractivity contribution in [3.05, 3.63) is 35.9 Å². The SMILES string of the molecule is NC(=O)CC(c1ccccc1)C1CCNCC1. The minimum absolute atomic E-state index is 0.197. The summed E-state index contributed by atoms with van der Waals surface area (Å²) in [7, 11) is 0. The van der Waals surface area contributed by atoms with Gasteiger partial charge in [-0.25, -0.2) is 0 Å². The molecule has 1 atom stereocenters. The highest BCUT2D eigenvalue weighted by molar-refractivity contribution is 5.74. The molecule has 1 aromatic rings. The van der Waals surface area contributed by atoms with E-state index in [-0.39, 0.29) is 11.8 Å². The second-order valence-corrected chi connectivity index (χ2v) is 4.78. The van der Waals surface area contributed by atoms with Crippen LogP contribution in [0.15, 0.2) is 30.3 Å². The molecule has 0 aromatic heterocycles. The van der Waals surface area contributed by atoms with Gasteiger partial charge in [0.2, 0.25) is 5.91 Å². The molecule has 1 aliphatic heterocycles. The molecule has 0 spiro atoms. The monoisotopic (exact) mass is 232 g/mol. The predicted molar refractivity (Wildman–Crippen MR) is 68.6 cm³/mol. The van der Waals surface area contributed by atoms with Crippen molar-refractivity contribution in [2.24, 2.45) is 11.7 Å². The van der Waals surface area contributed by atoms with E-state index in [1.165, 1.54) is 5.56 Å². The minimum Gasteiger partial charge on any atom is -0.370 e.